The highest BCUT2D eigenvalue weighted by molar-refractivity contribution is 6.12. The Morgan fingerprint density at radius 1 is 0.889 bits per heavy atom. The molecule has 0 bridgehead atoms. The van der Waals surface area contributed by atoms with Crippen molar-refractivity contribution in [3.63, 3.8) is 0 Å². The van der Waals surface area contributed by atoms with Gasteiger partial charge in [0.15, 0.2) is 11.5 Å². The second kappa shape index (κ2) is 9.36. The number of fused-ring (bicyclic) bond motifs is 7. The molecule has 0 amide bonds. The fourth-order valence-electron chi connectivity index (χ4n) is 5.78. The first kappa shape index (κ1) is 22.7. The maximum Gasteiger partial charge on any atom is 0.514 e. The molecule has 184 valence electrons. The molecule has 2 aliphatic rings. The zero-order valence-electron chi connectivity index (χ0n) is 20.6. The number of carbonyl (C=O) groups is 1. The molecule has 6 nitrogen and oxygen atoms in total. The molecule has 2 heterocycles. The van der Waals surface area contributed by atoms with E-state index in [0.717, 1.165) is 41.2 Å². The van der Waals surface area contributed by atoms with Crippen molar-refractivity contribution in [2.75, 3.05) is 20.8 Å². The van der Waals surface area contributed by atoms with E-state index in [0.29, 0.717) is 23.3 Å². The van der Waals surface area contributed by atoms with Gasteiger partial charge in [0, 0.05) is 12.6 Å². The van der Waals surface area contributed by atoms with Crippen molar-refractivity contribution >= 4 is 27.7 Å². The Morgan fingerprint density at radius 3 is 2.42 bits per heavy atom. The first-order valence-electron chi connectivity index (χ1n) is 12.4. The summed E-state index contributed by atoms with van der Waals surface area (Å²) in [6, 6.07) is 20.1. The van der Waals surface area contributed by atoms with Crippen LogP contribution in [0.1, 0.15) is 29.5 Å². The molecule has 6 heteroatoms. The van der Waals surface area contributed by atoms with Gasteiger partial charge in [0.05, 0.1) is 14.2 Å². The number of ether oxygens (including phenoxy) is 4. The molecule has 1 atom stereocenters. The molecule has 0 unspecified atom stereocenters. The van der Waals surface area contributed by atoms with Gasteiger partial charge in [-0.1, -0.05) is 36.4 Å². The van der Waals surface area contributed by atoms with E-state index in [1.54, 1.807) is 14.2 Å². The number of hydrogen-bond acceptors (Lipinski definition) is 6. The van der Waals surface area contributed by atoms with Crippen LogP contribution in [-0.4, -0.2) is 37.9 Å². The van der Waals surface area contributed by atoms with Gasteiger partial charge in [-0.05, 0) is 88.3 Å². The second-order valence-corrected chi connectivity index (χ2v) is 9.51. The Labute approximate surface area is 210 Å². The average Bonchev–Trinajstić information content (AvgIpc) is 3.38. The minimum absolute atomic E-state index is 0.165. The zero-order chi connectivity index (χ0) is 24.6. The van der Waals surface area contributed by atoms with Gasteiger partial charge in [-0.25, -0.2) is 4.79 Å². The summed E-state index contributed by atoms with van der Waals surface area (Å²) in [5.74, 6) is 1.84. The smallest absolute Gasteiger partial charge is 0.493 e. The standard InChI is InChI=1S/C30H29NO5/c1-33-28-15-25-24-14-21(36-30(32)35-18-19-7-4-3-5-8-19)10-11-22(24)23-13-20-9-6-12-31(20)17-27(23)26(25)16-29(28)34-2/h3-5,7-8,10-11,14-16,20H,6,9,12-13,17-18H2,1-2H3/t20-/m0/s1. The van der Waals surface area contributed by atoms with Crippen LogP contribution >= 0.6 is 0 Å². The molecule has 0 N–H and O–H groups in total. The van der Waals surface area contributed by atoms with Crippen molar-refractivity contribution < 1.29 is 23.7 Å². The van der Waals surface area contributed by atoms with Crippen molar-refractivity contribution in [1.82, 2.24) is 4.90 Å². The van der Waals surface area contributed by atoms with E-state index in [4.69, 9.17) is 18.9 Å². The summed E-state index contributed by atoms with van der Waals surface area (Å²) in [5.41, 5.74) is 3.64. The van der Waals surface area contributed by atoms with Crippen molar-refractivity contribution in [2.24, 2.45) is 0 Å². The number of carbonyl (C=O) groups excluding carboxylic acids is 1. The van der Waals surface area contributed by atoms with E-state index >= 15 is 0 Å². The number of benzene rings is 4. The average molecular weight is 484 g/mol. The van der Waals surface area contributed by atoms with E-state index < -0.39 is 6.16 Å². The second-order valence-electron chi connectivity index (χ2n) is 9.51. The van der Waals surface area contributed by atoms with Crippen LogP contribution in [0.2, 0.25) is 0 Å². The minimum Gasteiger partial charge on any atom is -0.493 e. The molecule has 6 rings (SSSR count). The maximum atomic E-state index is 12.4. The molecule has 0 aliphatic carbocycles. The number of nitrogens with zero attached hydrogens (tertiary/aromatic N) is 1. The minimum atomic E-state index is -0.721. The van der Waals surface area contributed by atoms with Gasteiger partial charge in [-0.15, -0.1) is 0 Å². The van der Waals surface area contributed by atoms with Crippen LogP contribution in [0.3, 0.4) is 0 Å². The van der Waals surface area contributed by atoms with E-state index in [1.807, 2.05) is 48.5 Å². The van der Waals surface area contributed by atoms with Crippen molar-refractivity contribution in [3.05, 3.63) is 77.4 Å². The Hall–Kier alpha value is -3.77. The Balaban J connectivity index is 1.41. The predicted octanol–water partition coefficient (Wildman–Crippen LogP) is 6.25. The fourth-order valence-corrected chi connectivity index (χ4v) is 5.78. The summed E-state index contributed by atoms with van der Waals surface area (Å²) >= 11 is 0. The summed E-state index contributed by atoms with van der Waals surface area (Å²) in [4.78, 5) is 15.0. The van der Waals surface area contributed by atoms with Crippen LogP contribution in [0.5, 0.6) is 17.2 Å². The lowest BCUT2D eigenvalue weighted by molar-refractivity contribution is 0.0928. The number of rotatable bonds is 5. The van der Waals surface area contributed by atoms with Gasteiger partial charge >= 0.3 is 6.16 Å². The van der Waals surface area contributed by atoms with Crippen LogP contribution in [0.15, 0.2) is 60.7 Å². The molecule has 0 radical (unpaired) electrons. The summed E-state index contributed by atoms with van der Waals surface area (Å²) in [6.45, 7) is 2.25. The van der Waals surface area contributed by atoms with E-state index in [2.05, 4.69) is 17.0 Å². The van der Waals surface area contributed by atoms with Crippen molar-refractivity contribution in [2.45, 2.75) is 38.5 Å². The summed E-state index contributed by atoms with van der Waals surface area (Å²) in [5, 5.41) is 4.44. The zero-order valence-corrected chi connectivity index (χ0v) is 20.6. The van der Waals surface area contributed by atoms with Crippen LogP contribution in [-0.2, 0) is 24.3 Å². The quantitative estimate of drug-likeness (QED) is 0.190. The Morgan fingerprint density at radius 2 is 1.64 bits per heavy atom. The molecule has 1 saturated heterocycles. The SMILES string of the molecule is COc1cc2c3c(c4ccc(OC(=O)OCc5ccccc5)cc4c2cc1OC)C[C@@H]1CCCN1C3. The van der Waals surface area contributed by atoms with Crippen molar-refractivity contribution in [1.29, 1.82) is 0 Å². The van der Waals surface area contributed by atoms with Gasteiger partial charge in [-0.3, -0.25) is 4.90 Å². The van der Waals surface area contributed by atoms with Crippen molar-refractivity contribution in [3.8, 4) is 17.2 Å². The van der Waals surface area contributed by atoms with Crippen LogP contribution in [0.4, 0.5) is 4.79 Å². The summed E-state index contributed by atoms with van der Waals surface area (Å²) in [6.07, 6.45) is 2.78. The van der Waals surface area contributed by atoms with E-state index in [-0.39, 0.29) is 6.61 Å². The number of methoxy groups -OCH3 is 2. The monoisotopic (exact) mass is 483 g/mol. The molecule has 0 aromatic heterocycles. The molecule has 4 aromatic carbocycles. The highest BCUT2D eigenvalue weighted by Gasteiger charge is 2.32. The highest BCUT2D eigenvalue weighted by Crippen LogP contribution is 2.44. The lowest BCUT2D eigenvalue weighted by Crippen LogP contribution is -2.35. The maximum absolute atomic E-state index is 12.4. The fraction of sp³-hybridized carbons (Fsp3) is 0.300. The molecular formula is C30H29NO5. The van der Waals surface area contributed by atoms with E-state index in [9.17, 15) is 4.79 Å². The molecule has 4 aromatic rings. The lowest BCUT2D eigenvalue weighted by Gasteiger charge is -2.33. The highest BCUT2D eigenvalue weighted by atomic mass is 16.7. The summed E-state index contributed by atoms with van der Waals surface area (Å²) < 4.78 is 22.2. The first-order chi connectivity index (χ1) is 17.6. The molecular weight excluding hydrogens is 454 g/mol. The first-order valence-corrected chi connectivity index (χ1v) is 12.4. The van der Waals surface area contributed by atoms with Gasteiger partial charge in [0.2, 0.25) is 0 Å². The molecule has 2 aliphatic heterocycles. The lowest BCUT2D eigenvalue weighted by atomic mass is 9.85. The molecule has 0 spiro atoms. The molecule has 1 fully saturated rings. The summed E-state index contributed by atoms with van der Waals surface area (Å²) in [7, 11) is 3.32. The van der Waals surface area contributed by atoms with Gasteiger partial charge in [0.25, 0.3) is 0 Å². The third-order valence-electron chi connectivity index (χ3n) is 7.52. The largest absolute Gasteiger partial charge is 0.514 e. The van der Waals surface area contributed by atoms with Gasteiger partial charge in [-0.2, -0.15) is 0 Å². The normalized spacial score (nSPS) is 17.0. The predicted molar refractivity (Wildman–Crippen MR) is 139 cm³/mol. The third kappa shape index (κ3) is 4.01. The molecule has 0 saturated carbocycles. The van der Waals surface area contributed by atoms with E-state index in [1.165, 1.54) is 29.4 Å². The third-order valence-corrected chi connectivity index (χ3v) is 7.52. The molecule has 36 heavy (non-hydrogen) atoms. The Kier molecular flexibility index (Phi) is 5.89. The van der Waals surface area contributed by atoms with Gasteiger partial charge < -0.3 is 18.9 Å². The van der Waals surface area contributed by atoms with Crippen LogP contribution in [0.25, 0.3) is 21.5 Å². The van der Waals surface area contributed by atoms with Gasteiger partial charge in [0.1, 0.15) is 12.4 Å². The number of hydrogen-bond donors (Lipinski definition) is 0. The topological polar surface area (TPSA) is 57.2 Å². The Bertz CT molecular complexity index is 1450. The van der Waals surface area contributed by atoms with Crippen LogP contribution < -0.4 is 14.2 Å². The van der Waals surface area contributed by atoms with Crippen LogP contribution in [0, 0.1) is 0 Å².